The van der Waals surface area contributed by atoms with Gasteiger partial charge in [0.2, 0.25) is 5.91 Å². The van der Waals surface area contributed by atoms with Crippen LogP contribution in [0.1, 0.15) is 18.1 Å². The summed E-state index contributed by atoms with van der Waals surface area (Å²) in [5.74, 6) is 2.16. The van der Waals surface area contributed by atoms with Gasteiger partial charge >= 0.3 is 0 Å². The summed E-state index contributed by atoms with van der Waals surface area (Å²) in [7, 11) is 0. The predicted molar refractivity (Wildman–Crippen MR) is 137 cm³/mol. The SMILES string of the molecule is CCn1nc(Nc2c(C)ccc(O)c2C)c2cnc(Nc3ccn(CC(=O)N4CCOCC4)n3)cc21. The highest BCUT2D eigenvalue weighted by Gasteiger charge is 2.18. The van der Waals surface area contributed by atoms with E-state index in [1.807, 2.05) is 43.7 Å². The smallest absolute Gasteiger partial charge is 0.244 e. The third-order valence-electron chi connectivity index (χ3n) is 6.38. The van der Waals surface area contributed by atoms with Crippen molar-refractivity contribution in [1.29, 1.82) is 0 Å². The van der Waals surface area contributed by atoms with Crippen LogP contribution in [0, 0.1) is 13.8 Å². The van der Waals surface area contributed by atoms with E-state index in [9.17, 15) is 9.90 Å². The highest BCUT2D eigenvalue weighted by Crippen LogP contribution is 2.33. The van der Waals surface area contributed by atoms with Crippen LogP contribution in [0.25, 0.3) is 10.9 Å². The fourth-order valence-corrected chi connectivity index (χ4v) is 4.32. The minimum Gasteiger partial charge on any atom is -0.508 e. The number of amides is 1. The molecule has 0 atom stereocenters. The van der Waals surface area contributed by atoms with Gasteiger partial charge < -0.3 is 25.4 Å². The van der Waals surface area contributed by atoms with Crippen LogP contribution in [0.2, 0.25) is 0 Å². The molecule has 3 N–H and O–H groups in total. The Morgan fingerprint density at radius 2 is 1.92 bits per heavy atom. The highest BCUT2D eigenvalue weighted by molar-refractivity contribution is 5.93. The Labute approximate surface area is 208 Å². The number of pyridine rings is 1. The van der Waals surface area contributed by atoms with Crippen LogP contribution in [0.5, 0.6) is 5.75 Å². The maximum absolute atomic E-state index is 12.5. The fraction of sp³-hybridized carbons (Fsp3) is 0.360. The molecular formula is C25H30N8O3. The average molecular weight is 491 g/mol. The number of aromatic nitrogens is 5. The number of morpholine rings is 1. The summed E-state index contributed by atoms with van der Waals surface area (Å²) in [6, 6.07) is 7.31. The molecule has 36 heavy (non-hydrogen) atoms. The molecule has 3 aromatic heterocycles. The fourth-order valence-electron chi connectivity index (χ4n) is 4.32. The molecule has 1 aromatic carbocycles. The molecule has 0 radical (unpaired) electrons. The van der Waals surface area contributed by atoms with Crippen molar-refractivity contribution < 1.29 is 14.6 Å². The maximum atomic E-state index is 12.5. The quantitative estimate of drug-likeness (QED) is 0.361. The monoisotopic (exact) mass is 490 g/mol. The van der Waals surface area contributed by atoms with Gasteiger partial charge in [-0.3, -0.25) is 14.2 Å². The molecule has 4 heterocycles. The standard InChI is InChI=1S/C25H30N8O3/c1-4-33-19-13-22(27-21-7-8-32(29-21)15-23(35)31-9-11-36-12-10-31)26-14-18(19)25(30-33)28-24-16(2)5-6-20(34)17(24)3/h5-8,13-14,34H,4,9-12,15H2,1-3H3,(H,28,30)(H,26,27,29). The second-order valence-corrected chi connectivity index (χ2v) is 8.79. The lowest BCUT2D eigenvalue weighted by Gasteiger charge is -2.26. The zero-order chi connectivity index (χ0) is 25.2. The van der Waals surface area contributed by atoms with Crippen molar-refractivity contribution in [2.24, 2.45) is 0 Å². The molecule has 1 aliphatic rings. The van der Waals surface area contributed by atoms with Gasteiger partial charge in [0.1, 0.15) is 18.1 Å². The Morgan fingerprint density at radius 1 is 1.11 bits per heavy atom. The Hall–Kier alpha value is -4.12. The van der Waals surface area contributed by atoms with Crippen molar-refractivity contribution >= 4 is 40.0 Å². The van der Waals surface area contributed by atoms with Gasteiger partial charge in [-0.15, -0.1) is 0 Å². The minimum atomic E-state index is 0.0246. The third kappa shape index (κ3) is 4.69. The molecule has 0 aliphatic carbocycles. The van der Waals surface area contributed by atoms with Gasteiger partial charge in [0.25, 0.3) is 0 Å². The van der Waals surface area contributed by atoms with Gasteiger partial charge in [0, 0.05) is 55.4 Å². The van der Waals surface area contributed by atoms with Crippen molar-refractivity contribution in [3.63, 3.8) is 0 Å². The Balaban J connectivity index is 1.34. The molecule has 1 amide bonds. The van der Waals surface area contributed by atoms with Crippen LogP contribution < -0.4 is 10.6 Å². The van der Waals surface area contributed by atoms with Crippen LogP contribution >= 0.6 is 0 Å². The first kappa shape index (κ1) is 23.6. The first-order valence-corrected chi connectivity index (χ1v) is 12.0. The van der Waals surface area contributed by atoms with E-state index in [2.05, 4.69) is 20.7 Å². The van der Waals surface area contributed by atoms with Crippen LogP contribution in [-0.4, -0.2) is 66.8 Å². The lowest BCUT2D eigenvalue weighted by Crippen LogP contribution is -2.42. The van der Waals surface area contributed by atoms with Gasteiger partial charge in [-0.2, -0.15) is 10.2 Å². The van der Waals surface area contributed by atoms with Gasteiger partial charge in [0.05, 0.1) is 24.1 Å². The first-order chi connectivity index (χ1) is 17.4. The minimum absolute atomic E-state index is 0.0246. The lowest BCUT2D eigenvalue weighted by molar-refractivity contribution is -0.136. The molecular weight excluding hydrogens is 460 g/mol. The number of phenolic OH excluding ortho intramolecular Hbond substituents is 1. The number of rotatable bonds is 7. The second kappa shape index (κ2) is 9.86. The lowest BCUT2D eigenvalue weighted by atomic mass is 10.1. The molecule has 11 nitrogen and oxygen atoms in total. The van der Waals surface area contributed by atoms with E-state index in [4.69, 9.17) is 9.84 Å². The van der Waals surface area contributed by atoms with Gasteiger partial charge in [0.15, 0.2) is 11.6 Å². The maximum Gasteiger partial charge on any atom is 0.244 e. The van der Waals surface area contributed by atoms with Crippen molar-refractivity contribution in [3.8, 4) is 5.75 Å². The van der Waals surface area contributed by atoms with Crippen molar-refractivity contribution in [3.05, 3.63) is 47.8 Å². The normalized spacial score (nSPS) is 13.8. The average Bonchev–Trinajstić information content (AvgIpc) is 3.48. The van der Waals surface area contributed by atoms with E-state index in [1.54, 1.807) is 28.0 Å². The molecule has 0 spiro atoms. The molecule has 11 heteroatoms. The summed E-state index contributed by atoms with van der Waals surface area (Å²) >= 11 is 0. The molecule has 0 saturated carbocycles. The third-order valence-corrected chi connectivity index (χ3v) is 6.38. The number of carbonyl (C=O) groups excluding carboxylic acids is 1. The topological polar surface area (TPSA) is 122 Å². The molecule has 1 fully saturated rings. The molecule has 1 aliphatic heterocycles. The van der Waals surface area contributed by atoms with Gasteiger partial charge in [-0.1, -0.05) is 6.07 Å². The Kier molecular flexibility index (Phi) is 6.47. The number of phenols is 1. The van der Waals surface area contributed by atoms with E-state index in [0.29, 0.717) is 50.3 Å². The van der Waals surface area contributed by atoms with Crippen LogP contribution in [0.3, 0.4) is 0 Å². The van der Waals surface area contributed by atoms with E-state index in [-0.39, 0.29) is 18.2 Å². The summed E-state index contributed by atoms with van der Waals surface area (Å²) in [5.41, 5.74) is 3.52. The largest absolute Gasteiger partial charge is 0.508 e. The number of aryl methyl sites for hydroxylation is 2. The van der Waals surface area contributed by atoms with E-state index in [1.165, 1.54) is 0 Å². The number of fused-ring (bicyclic) bond motifs is 1. The van der Waals surface area contributed by atoms with E-state index in [0.717, 1.165) is 27.7 Å². The molecule has 5 rings (SSSR count). The van der Waals surface area contributed by atoms with E-state index >= 15 is 0 Å². The summed E-state index contributed by atoms with van der Waals surface area (Å²) in [6.45, 7) is 9.12. The number of hydrogen-bond donors (Lipinski definition) is 3. The Bertz CT molecular complexity index is 1400. The summed E-state index contributed by atoms with van der Waals surface area (Å²) in [4.78, 5) is 18.9. The number of carbonyl (C=O) groups is 1. The van der Waals surface area contributed by atoms with Crippen LogP contribution in [-0.2, 0) is 22.6 Å². The van der Waals surface area contributed by atoms with Crippen LogP contribution in [0.15, 0.2) is 36.7 Å². The number of benzene rings is 1. The first-order valence-electron chi connectivity index (χ1n) is 12.0. The van der Waals surface area contributed by atoms with Crippen molar-refractivity contribution in [1.82, 2.24) is 29.4 Å². The highest BCUT2D eigenvalue weighted by atomic mass is 16.5. The zero-order valence-electron chi connectivity index (χ0n) is 20.7. The van der Waals surface area contributed by atoms with Crippen molar-refractivity contribution in [2.45, 2.75) is 33.9 Å². The number of nitrogens with zero attached hydrogens (tertiary/aromatic N) is 6. The number of aromatic hydroxyl groups is 1. The summed E-state index contributed by atoms with van der Waals surface area (Å²) in [6.07, 6.45) is 3.54. The zero-order valence-corrected chi connectivity index (χ0v) is 20.7. The molecule has 0 unspecified atom stereocenters. The van der Waals surface area contributed by atoms with Gasteiger partial charge in [-0.05, 0) is 32.4 Å². The second-order valence-electron chi connectivity index (χ2n) is 8.79. The molecule has 1 saturated heterocycles. The molecule has 4 aromatic rings. The number of nitrogens with one attached hydrogen (secondary N) is 2. The Morgan fingerprint density at radius 3 is 2.69 bits per heavy atom. The molecule has 0 bridgehead atoms. The molecule has 188 valence electrons. The predicted octanol–water partition coefficient (Wildman–Crippen LogP) is 3.32. The van der Waals surface area contributed by atoms with Crippen LogP contribution in [0.4, 0.5) is 23.1 Å². The number of anilines is 4. The van der Waals surface area contributed by atoms with E-state index < -0.39 is 0 Å². The number of ether oxygens (including phenoxy) is 1. The number of hydrogen-bond acceptors (Lipinski definition) is 8. The summed E-state index contributed by atoms with van der Waals surface area (Å²) in [5, 5.41) is 26.8. The summed E-state index contributed by atoms with van der Waals surface area (Å²) < 4.78 is 8.83. The van der Waals surface area contributed by atoms with Gasteiger partial charge in [-0.25, -0.2) is 4.98 Å². The van der Waals surface area contributed by atoms with Crippen molar-refractivity contribution in [2.75, 3.05) is 36.9 Å².